The van der Waals surface area contributed by atoms with Gasteiger partial charge in [-0.1, -0.05) is 47.0 Å². The summed E-state index contributed by atoms with van der Waals surface area (Å²) in [6, 6.07) is 6.44. The van der Waals surface area contributed by atoms with Crippen molar-refractivity contribution in [2.24, 2.45) is 4.40 Å². The molecule has 3 rings (SSSR count). The average Bonchev–Trinajstić information content (AvgIpc) is 2.88. The van der Waals surface area contributed by atoms with Gasteiger partial charge < -0.3 is 0 Å². The van der Waals surface area contributed by atoms with Gasteiger partial charge in [0.2, 0.25) is 5.91 Å². The van der Waals surface area contributed by atoms with Crippen LogP contribution >= 0.6 is 27.7 Å². The van der Waals surface area contributed by atoms with Gasteiger partial charge in [-0.05, 0) is 37.1 Å². The number of hydrogen-bond donors (Lipinski definition) is 0. The summed E-state index contributed by atoms with van der Waals surface area (Å²) in [6.45, 7) is 0. The zero-order chi connectivity index (χ0) is 16.4. The number of thioether (sulfide) groups is 1. The van der Waals surface area contributed by atoms with Crippen molar-refractivity contribution in [1.82, 2.24) is 4.90 Å². The number of carbonyl (C=O) groups is 1. The molecule has 2 aliphatic rings. The molecular formula is C15H17BrN2O3S2. The Morgan fingerprint density at radius 1 is 1.13 bits per heavy atom. The van der Waals surface area contributed by atoms with Gasteiger partial charge in [-0.2, -0.15) is 8.42 Å². The van der Waals surface area contributed by atoms with E-state index in [-0.39, 0.29) is 22.6 Å². The molecule has 0 bridgehead atoms. The van der Waals surface area contributed by atoms with Crippen LogP contribution in [0.4, 0.5) is 0 Å². The minimum Gasteiger partial charge on any atom is -0.287 e. The van der Waals surface area contributed by atoms with Crippen molar-refractivity contribution in [3.63, 3.8) is 0 Å². The first-order valence-electron chi connectivity index (χ1n) is 7.53. The standard InChI is InChI=1S/C15H17BrN2O3S2/c16-11-6-8-13(9-7-11)23(20,21)17-15-18(14(19)10-22-15)12-4-2-1-3-5-12/h6-9,12H,1-5,10H2. The second-order valence-corrected chi connectivity index (χ2v) is 9.11. The Labute approximate surface area is 148 Å². The summed E-state index contributed by atoms with van der Waals surface area (Å²) in [5.74, 6) is 0.234. The molecule has 1 aliphatic heterocycles. The highest BCUT2D eigenvalue weighted by Gasteiger charge is 2.36. The Bertz CT molecular complexity index is 726. The van der Waals surface area contributed by atoms with Gasteiger partial charge in [-0.15, -0.1) is 4.40 Å². The molecule has 0 radical (unpaired) electrons. The Hall–Kier alpha value is -0.860. The highest BCUT2D eigenvalue weighted by molar-refractivity contribution is 9.10. The molecule has 8 heteroatoms. The van der Waals surface area contributed by atoms with Crippen LogP contribution < -0.4 is 0 Å². The van der Waals surface area contributed by atoms with Crippen LogP contribution in [0.3, 0.4) is 0 Å². The monoisotopic (exact) mass is 416 g/mol. The highest BCUT2D eigenvalue weighted by atomic mass is 79.9. The van der Waals surface area contributed by atoms with Crippen molar-refractivity contribution in [3.8, 4) is 0 Å². The van der Waals surface area contributed by atoms with Crippen molar-refractivity contribution in [2.45, 2.75) is 43.0 Å². The predicted octanol–water partition coefficient (Wildman–Crippen LogP) is 3.40. The van der Waals surface area contributed by atoms with Crippen LogP contribution in [-0.2, 0) is 14.8 Å². The van der Waals surface area contributed by atoms with E-state index in [0.29, 0.717) is 5.17 Å². The molecule has 0 N–H and O–H groups in total. The summed E-state index contributed by atoms with van der Waals surface area (Å²) in [7, 11) is -3.80. The maximum atomic E-state index is 12.5. The molecule has 1 heterocycles. The molecule has 1 amide bonds. The second-order valence-electron chi connectivity index (χ2n) is 5.65. The maximum absolute atomic E-state index is 12.5. The fourth-order valence-electron chi connectivity index (χ4n) is 2.90. The summed E-state index contributed by atoms with van der Waals surface area (Å²) < 4.78 is 29.7. The minimum absolute atomic E-state index is 0.0355. The van der Waals surface area contributed by atoms with Crippen LogP contribution in [0.2, 0.25) is 0 Å². The van der Waals surface area contributed by atoms with E-state index in [2.05, 4.69) is 20.3 Å². The topological polar surface area (TPSA) is 66.8 Å². The van der Waals surface area contributed by atoms with E-state index in [1.807, 2.05) is 0 Å². The van der Waals surface area contributed by atoms with Crippen LogP contribution in [-0.4, -0.2) is 36.2 Å². The SMILES string of the molecule is O=C1CSC(=NS(=O)(=O)c2ccc(Br)cc2)N1C1CCCCC1. The highest BCUT2D eigenvalue weighted by Crippen LogP contribution is 2.31. The summed E-state index contributed by atoms with van der Waals surface area (Å²) in [5, 5.41) is 0.324. The summed E-state index contributed by atoms with van der Waals surface area (Å²) in [4.78, 5) is 13.9. The summed E-state index contributed by atoms with van der Waals surface area (Å²) in [6.07, 6.45) is 5.17. The number of amidine groups is 1. The first-order chi connectivity index (χ1) is 11.0. The number of rotatable bonds is 3. The van der Waals surface area contributed by atoms with Gasteiger partial charge in [-0.25, -0.2) is 0 Å². The van der Waals surface area contributed by atoms with E-state index >= 15 is 0 Å². The number of amides is 1. The second kappa shape index (κ2) is 6.94. The number of hydrogen-bond acceptors (Lipinski definition) is 4. The Balaban J connectivity index is 1.90. The number of carbonyl (C=O) groups excluding carboxylic acids is 1. The van der Waals surface area contributed by atoms with Gasteiger partial charge in [0.05, 0.1) is 10.6 Å². The molecule has 0 spiro atoms. The molecule has 0 aromatic heterocycles. The molecule has 0 atom stereocenters. The number of nitrogens with zero attached hydrogens (tertiary/aromatic N) is 2. The first kappa shape index (κ1) is 17.0. The lowest BCUT2D eigenvalue weighted by Crippen LogP contribution is -2.41. The normalized spacial score (nSPS) is 22.0. The van der Waals surface area contributed by atoms with Gasteiger partial charge in [0.15, 0.2) is 5.17 Å². The van der Waals surface area contributed by atoms with E-state index in [1.54, 1.807) is 17.0 Å². The Morgan fingerprint density at radius 3 is 2.43 bits per heavy atom. The van der Waals surface area contributed by atoms with Gasteiger partial charge >= 0.3 is 0 Å². The molecule has 1 saturated carbocycles. The van der Waals surface area contributed by atoms with Crippen LogP contribution in [0.25, 0.3) is 0 Å². The third kappa shape index (κ3) is 3.80. The fraction of sp³-hybridized carbons (Fsp3) is 0.467. The van der Waals surface area contributed by atoms with E-state index < -0.39 is 10.0 Å². The molecule has 2 fully saturated rings. The van der Waals surface area contributed by atoms with Crippen molar-refractivity contribution in [1.29, 1.82) is 0 Å². The largest absolute Gasteiger partial charge is 0.287 e. The van der Waals surface area contributed by atoms with Gasteiger partial charge in [0.25, 0.3) is 10.0 Å². The molecule has 1 aromatic carbocycles. The molecule has 23 heavy (non-hydrogen) atoms. The lowest BCUT2D eigenvalue weighted by Gasteiger charge is -2.30. The fourth-order valence-corrected chi connectivity index (χ4v) is 5.33. The third-order valence-corrected chi connectivity index (χ3v) is 6.91. The number of sulfonamides is 1. The van der Waals surface area contributed by atoms with Crippen molar-refractivity contribution < 1.29 is 13.2 Å². The molecule has 0 unspecified atom stereocenters. The average molecular weight is 417 g/mol. The van der Waals surface area contributed by atoms with E-state index in [4.69, 9.17) is 0 Å². The molecule has 1 saturated heterocycles. The van der Waals surface area contributed by atoms with Gasteiger partial charge in [0, 0.05) is 10.5 Å². The van der Waals surface area contributed by atoms with E-state index in [1.165, 1.54) is 30.3 Å². The van der Waals surface area contributed by atoms with Crippen LogP contribution in [0.5, 0.6) is 0 Å². The summed E-state index contributed by atoms with van der Waals surface area (Å²) in [5.41, 5.74) is 0. The summed E-state index contributed by atoms with van der Waals surface area (Å²) >= 11 is 4.50. The minimum atomic E-state index is -3.80. The van der Waals surface area contributed by atoms with Gasteiger partial charge in [0.1, 0.15) is 0 Å². The van der Waals surface area contributed by atoms with Crippen molar-refractivity contribution in [2.75, 3.05) is 5.75 Å². The molecule has 1 aliphatic carbocycles. The molecule has 124 valence electrons. The number of halogens is 1. The Kier molecular flexibility index (Phi) is 5.13. The first-order valence-corrected chi connectivity index (χ1v) is 10.7. The lowest BCUT2D eigenvalue weighted by molar-refractivity contribution is -0.126. The van der Waals surface area contributed by atoms with E-state index in [0.717, 1.165) is 30.2 Å². The number of benzene rings is 1. The third-order valence-electron chi connectivity index (χ3n) is 4.05. The Morgan fingerprint density at radius 2 is 1.78 bits per heavy atom. The lowest BCUT2D eigenvalue weighted by atomic mass is 9.94. The molecular weight excluding hydrogens is 400 g/mol. The van der Waals surface area contributed by atoms with Gasteiger partial charge in [-0.3, -0.25) is 9.69 Å². The van der Waals surface area contributed by atoms with Crippen LogP contribution in [0.1, 0.15) is 32.1 Å². The smallest absolute Gasteiger partial charge is 0.284 e. The maximum Gasteiger partial charge on any atom is 0.284 e. The predicted molar refractivity (Wildman–Crippen MR) is 94.9 cm³/mol. The quantitative estimate of drug-likeness (QED) is 0.756. The zero-order valence-electron chi connectivity index (χ0n) is 12.4. The molecule has 5 nitrogen and oxygen atoms in total. The zero-order valence-corrected chi connectivity index (χ0v) is 15.7. The van der Waals surface area contributed by atoms with E-state index in [9.17, 15) is 13.2 Å². The van der Waals surface area contributed by atoms with Crippen molar-refractivity contribution >= 4 is 48.8 Å². The van der Waals surface area contributed by atoms with Crippen LogP contribution in [0.15, 0.2) is 38.0 Å². The van der Waals surface area contributed by atoms with Crippen LogP contribution in [0, 0.1) is 0 Å². The van der Waals surface area contributed by atoms with Crippen molar-refractivity contribution in [3.05, 3.63) is 28.7 Å². The molecule has 1 aromatic rings.